The van der Waals surface area contributed by atoms with Gasteiger partial charge < -0.3 is 9.47 Å². The number of methoxy groups -OCH3 is 1. The molecule has 0 aromatic heterocycles. The van der Waals surface area contributed by atoms with E-state index in [1.165, 1.54) is 30.4 Å². The molecule has 3 aliphatic rings. The summed E-state index contributed by atoms with van der Waals surface area (Å²) < 4.78 is 12.8. The molecular weight excluding hydrogens is 436 g/mol. The average Bonchev–Trinajstić information content (AvgIpc) is 2.97. The van der Waals surface area contributed by atoms with E-state index in [1.54, 1.807) is 7.11 Å². The van der Waals surface area contributed by atoms with E-state index in [-0.39, 0.29) is 22.6 Å². The smallest absolute Gasteiger partial charge is 0.187 e. The van der Waals surface area contributed by atoms with Crippen LogP contribution in [0.25, 0.3) is 0 Å². The monoisotopic (exact) mass is 456 g/mol. The number of ketones is 1. The highest BCUT2D eigenvalue weighted by atomic mass is 79.9. The highest BCUT2D eigenvalue weighted by molar-refractivity contribution is 9.10. The van der Waals surface area contributed by atoms with Gasteiger partial charge in [0.25, 0.3) is 0 Å². The maximum Gasteiger partial charge on any atom is 0.187 e. The van der Waals surface area contributed by atoms with Crippen molar-refractivity contribution in [3.05, 3.63) is 21.7 Å². The summed E-state index contributed by atoms with van der Waals surface area (Å²) in [6, 6.07) is 2.00. The van der Waals surface area contributed by atoms with Crippen LogP contribution in [0, 0.1) is 11.8 Å². The molecule has 4 unspecified atom stereocenters. The fourth-order valence-corrected chi connectivity index (χ4v) is 6.16. The van der Waals surface area contributed by atoms with E-state index in [4.69, 9.17) is 9.47 Å². The Balaban J connectivity index is 1.85. The maximum absolute atomic E-state index is 12.7. The predicted molar refractivity (Wildman–Crippen MR) is 100 cm³/mol. The van der Waals surface area contributed by atoms with Crippen molar-refractivity contribution in [2.45, 2.75) is 55.9 Å². The largest absolute Gasteiger partial charge is 0.493 e. The zero-order valence-corrected chi connectivity index (χ0v) is 17.2. The lowest BCUT2D eigenvalue weighted by atomic mass is 9.61. The van der Waals surface area contributed by atoms with Gasteiger partial charge in [0.15, 0.2) is 23.4 Å². The Hall–Kier alpha value is -0.550. The van der Waals surface area contributed by atoms with Crippen LogP contribution in [0.2, 0.25) is 0 Å². The molecule has 3 nitrogen and oxygen atoms in total. The minimum absolute atomic E-state index is 0.0850. The maximum atomic E-state index is 12.7. The summed E-state index contributed by atoms with van der Waals surface area (Å²) in [5.74, 6) is 3.05. The second kappa shape index (κ2) is 6.31. The molecular formula is C19H22Br2O3. The molecule has 1 aliphatic heterocycles. The Kier molecular flexibility index (Phi) is 4.44. The lowest BCUT2D eigenvalue weighted by molar-refractivity contribution is -0.129. The van der Waals surface area contributed by atoms with Crippen molar-refractivity contribution in [2.24, 2.45) is 11.8 Å². The van der Waals surface area contributed by atoms with Gasteiger partial charge >= 0.3 is 0 Å². The Labute approximate surface area is 159 Å². The number of hydrogen-bond acceptors (Lipinski definition) is 3. The van der Waals surface area contributed by atoms with Crippen LogP contribution in [0.15, 0.2) is 10.5 Å². The number of carbonyl (C=O) groups is 1. The van der Waals surface area contributed by atoms with Gasteiger partial charge in [0.2, 0.25) is 0 Å². The lowest BCUT2D eigenvalue weighted by Crippen LogP contribution is -2.48. The van der Waals surface area contributed by atoms with Crippen LogP contribution in [0.1, 0.15) is 49.7 Å². The van der Waals surface area contributed by atoms with E-state index < -0.39 is 0 Å². The first kappa shape index (κ1) is 16.9. The Bertz CT molecular complexity index is 688. The summed E-state index contributed by atoms with van der Waals surface area (Å²) in [6.45, 7) is 2.24. The standard InChI is InChI=1S/C19H22Br2O3/c1-3-4-5-9-6-11-12(20)8-14(23-2)18-16(11)15-10(9)7-13(21)17(22)19(15)24-18/h8-10,13,15,19H,3-7H2,1-2H3/t9?,10?,13?,15?,19-/m0/s1. The fraction of sp³-hybridized carbons (Fsp3) is 0.632. The van der Waals surface area contributed by atoms with Gasteiger partial charge in [0.05, 0.1) is 11.9 Å². The van der Waals surface area contributed by atoms with Crippen LogP contribution in [0.3, 0.4) is 0 Å². The van der Waals surface area contributed by atoms with Gasteiger partial charge in [0, 0.05) is 16.0 Å². The molecule has 1 aromatic carbocycles. The summed E-state index contributed by atoms with van der Waals surface area (Å²) >= 11 is 7.35. The molecule has 0 N–H and O–H groups in total. The van der Waals surface area contributed by atoms with Crippen LogP contribution in [0.4, 0.5) is 0 Å². The fourth-order valence-electron chi connectivity index (χ4n) is 4.89. The molecule has 0 spiro atoms. The van der Waals surface area contributed by atoms with E-state index in [0.717, 1.165) is 28.8 Å². The van der Waals surface area contributed by atoms with Crippen LogP contribution >= 0.6 is 31.9 Å². The molecule has 0 bridgehead atoms. The first-order chi connectivity index (χ1) is 11.6. The van der Waals surface area contributed by atoms with Gasteiger partial charge in [-0.15, -0.1) is 0 Å². The summed E-state index contributed by atoms with van der Waals surface area (Å²) in [5, 5.41) is 0. The molecule has 1 heterocycles. The van der Waals surface area contributed by atoms with Crippen molar-refractivity contribution in [1.82, 2.24) is 0 Å². The molecule has 0 saturated heterocycles. The number of hydrogen-bond donors (Lipinski definition) is 0. The molecule has 0 amide bonds. The average molecular weight is 458 g/mol. The SMILES string of the molecule is CCCCC1Cc2c(Br)cc(OC)c3c2C2C1CC(Br)C(=O)[C@H]2O3. The van der Waals surface area contributed by atoms with Gasteiger partial charge in [-0.25, -0.2) is 0 Å². The summed E-state index contributed by atoms with van der Waals surface area (Å²) in [6.07, 6.45) is 5.33. The Morgan fingerprint density at radius 1 is 1.42 bits per heavy atom. The second-order valence-electron chi connectivity index (χ2n) is 7.22. The van der Waals surface area contributed by atoms with Crippen molar-refractivity contribution in [1.29, 1.82) is 0 Å². The van der Waals surface area contributed by atoms with E-state index in [0.29, 0.717) is 11.8 Å². The summed E-state index contributed by atoms with van der Waals surface area (Å²) in [4.78, 5) is 12.7. The number of rotatable bonds is 4. The number of alkyl halides is 1. The molecule has 5 heteroatoms. The van der Waals surface area contributed by atoms with Crippen LogP contribution in [-0.2, 0) is 11.2 Å². The molecule has 1 saturated carbocycles. The van der Waals surface area contributed by atoms with E-state index >= 15 is 0 Å². The number of ether oxygens (including phenoxy) is 2. The molecule has 0 radical (unpaired) electrons. The van der Waals surface area contributed by atoms with Gasteiger partial charge in [0.1, 0.15) is 0 Å². The molecule has 24 heavy (non-hydrogen) atoms. The third kappa shape index (κ3) is 2.38. The quantitative estimate of drug-likeness (QED) is 0.595. The van der Waals surface area contributed by atoms with Crippen molar-refractivity contribution < 1.29 is 14.3 Å². The van der Waals surface area contributed by atoms with E-state index in [1.807, 2.05) is 6.07 Å². The van der Waals surface area contributed by atoms with Crippen molar-refractivity contribution >= 4 is 37.6 Å². The summed E-state index contributed by atoms with van der Waals surface area (Å²) in [7, 11) is 1.66. The molecule has 1 aromatic rings. The number of unbranched alkanes of at least 4 members (excludes halogenated alkanes) is 1. The second-order valence-corrected chi connectivity index (χ2v) is 9.18. The van der Waals surface area contributed by atoms with E-state index in [9.17, 15) is 4.79 Å². The topological polar surface area (TPSA) is 35.5 Å². The first-order valence-electron chi connectivity index (χ1n) is 8.80. The highest BCUT2D eigenvalue weighted by Gasteiger charge is 2.55. The van der Waals surface area contributed by atoms with Crippen molar-refractivity contribution in [3.8, 4) is 11.5 Å². The van der Waals surface area contributed by atoms with Gasteiger partial charge in [-0.1, -0.05) is 51.6 Å². The minimum atomic E-state index is -0.352. The molecule has 2 aliphatic carbocycles. The normalized spacial score (nSPS) is 33.2. The van der Waals surface area contributed by atoms with Gasteiger partial charge in [-0.3, -0.25) is 4.79 Å². The highest BCUT2D eigenvalue weighted by Crippen LogP contribution is 2.59. The number of Topliss-reactive ketones (excluding diaryl/α,β-unsaturated/α-hetero) is 1. The van der Waals surface area contributed by atoms with Gasteiger partial charge in [-0.2, -0.15) is 0 Å². The minimum Gasteiger partial charge on any atom is -0.493 e. The van der Waals surface area contributed by atoms with Crippen LogP contribution in [-0.4, -0.2) is 23.8 Å². The molecule has 1 fully saturated rings. The molecule has 130 valence electrons. The zero-order valence-electron chi connectivity index (χ0n) is 14.0. The number of carbonyl (C=O) groups excluding carboxylic acids is 1. The van der Waals surface area contributed by atoms with Crippen LogP contribution < -0.4 is 9.47 Å². The first-order valence-corrected chi connectivity index (χ1v) is 10.5. The molecule has 4 rings (SSSR count). The zero-order chi connectivity index (χ0) is 17.0. The van der Waals surface area contributed by atoms with Gasteiger partial charge in [-0.05, 0) is 42.7 Å². The van der Waals surface area contributed by atoms with E-state index in [2.05, 4.69) is 38.8 Å². The number of halogens is 2. The summed E-state index contributed by atoms with van der Waals surface area (Å²) in [5.41, 5.74) is 2.56. The number of benzene rings is 1. The lowest BCUT2D eigenvalue weighted by Gasteiger charge is -2.43. The third-order valence-electron chi connectivity index (χ3n) is 5.99. The predicted octanol–water partition coefficient (Wildman–Crippen LogP) is 5.02. The Morgan fingerprint density at radius 2 is 2.21 bits per heavy atom. The third-order valence-corrected chi connectivity index (χ3v) is 7.53. The van der Waals surface area contributed by atoms with Crippen LogP contribution in [0.5, 0.6) is 11.5 Å². The molecule has 5 atom stereocenters. The van der Waals surface area contributed by atoms with Crippen molar-refractivity contribution in [3.63, 3.8) is 0 Å². The Morgan fingerprint density at radius 3 is 2.92 bits per heavy atom. The van der Waals surface area contributed by atoms with Crippen molar-refractivity contribution in [2.75, 3.05) is 7.11 Å².